The van der Waals surface area contributed by atoms with E-state index in [2.05, 4.69) is 0 Å². The maximum absolute atomic E-state index is 11.2. The Morgan fingerprint density at radius 1 is 1.33 bits per heavy atom. The second-order valence-electron chi connectivity index (χ2n) is 4.02. The molecule has 3 nitrogen and oxygen atoms in total. The first kappa shape index (κ1) is 8.05. The number of esters is 1. The van der Waals surface area contributed by atoms with Gasteiger partial charge in [-0.2, -0.15) is 0 Å². The van der Waals surface area contributed by atoms with Gasteiger partial charge in [-0.15, -0.1) is 0 Å². The number of carbonyl (C=O) groups is 1. The lowest BCUT2D eigenvalue weighted by atomic mass is 9.86. The van der Waals surface area contributed by atoms with Crippen LogP contribution in [0.5, 0.6) is 0 Å². The van der Waals surface area contributed by atoms with Gasteiger partial charge in [0.25, 0.3) is 0 Å². The average Bonchev–Trinajstić information content (AvgIpc) is 2.60. The van der Waals surface area contributed by atoms with Gasteiger partial charge in [0.15, 0.2) is 0 Å². The number of carbonyl (C=O) groups excluding carboxylic acids is 1. The van der Waals surface area contributed by atoms with E-state index < -0.39 is 0 Å². The summed E-state index contributed by atoms with van der Waals surface area (Å²) in [6.45, 7) is 0. The van der Waals surface area contributed by atoms with Crippen molar-refractivity contribution in [2.75, 3.05) is 7.11 Å². The molecule has 0 radical (unpaired) electrons. The molecule has 4 atom stereocenters. The predicted octanol–water partition coefficient (Wildman–Crippen LogP) is 0.533. The summed E-state index contributed by atoms with van der Waals surface area (Å²) in [6.07, 6.45) is 3.11. The van der Waals surface area contributed by atoms with E-state index in [1.165, 1.54) is 7.11 Å². The summed E-state index contributed by atoms with van der Waals surface area (Å²) < 4.78 is 4.74. The molecule has 2 saturated carbocycles. The molecule has 0 heterocycles. The highest BCUT2D eigenvalue weighted by Gasteiger charge is 2.47. The highest BCUT2D eigenvalue weighted by Crippen LogP contribution is 2.47. The lowest BCUT2D eigenvalue weighted by molar-refractivity contribution is -0.147. The molecule has 2 N–H and O–H groups in total. The Morgan fingerprint density at radius 3 is 2.50 bits per heavy atom. The largest absolute Gasteiger partial charge is 0.469 e. The van der Waals surface area contributed by atoms with Crippen molar-refractivity contribution in [2.45, 2.75) is 25.3 Å². The fourth-order valence-corrected chi connectivity index (χ4v) is 2.76. The van der Waals surface area contributed by atoms with Crippen LogP contribution in [0.1, 0.15) is 19.3 Å². The Bertz CT molecular complexity index is 203. The Balaban J connectivity index is 2.02. The van der Waals surface area contributed by atoms with Gasteiger partial charge >= 0.3 is 5.97 Å². The molecule has 0 aromatic rings. The molecular formula is C9H15NO2. The van der Waals surface area contributed by atoms with Gasteiger partial charge in [0.1, 0.15) is 0 Å². The molecule has 0 spiro atoms. The fraction of sp³-hybridized carbons (Fsp3) is 0.889. The first-order valence-corrected chi connectivity index (χ1v) is 4.55. The van der Waals surface area contributed by atoms with Crippen molar-refractivity contribution < 1.29 is 9.53 Å². The molecule has 2 fully saturated rings. The molecule has 2 aliphatic rings. The number of nitrogens with two attached hydrogens (primary N) is 1. The van der Waals surface area contributed by atoms with Gasteiger partial charge < -0.3 is 10.5 Å². The summed E-state index contributed by atoms with van der Waals surface area (Å²) in [6, 6.07) is 0.343. The van der Waals surface area contributed by atoms with Crippen molar-refractivity contribution in [3.05, 3.63) is 0 Å². The Labute approximate surface area is 72.3 Å². The number of hydrogen-bond donors (Lipinski definition) is 1. The Morgan fingerprint density at radius 2 is 2.08 bits per heavy atom. The number of methoxy groups -OCH3 is 1. The van der Waals surface area contributed by atoms with Crippen molar-refractivity contribution >= 4 is 5.97 Å². The van der Waals surface area contributed by atoms with Crippen LogP contribution in [0.15, 0.2) is 0 Å². The standard InChI is InChI=1S/C9H15NO2/c1-12-9(11)7-3-6-2-5(7)4-8(6)10/h5-8H,2-4,10H2,1H3/t5-,6-,7-,8-/m1/s1. The number of hydrogen-bond acceptors (Lipinski definition) is 3. The number of rotatable bonds is 1. The molecular weight excluding hydrogens is 154 g/mol. The smallest absolute Gasteiger partial charge is 0.308 e. The summed E-state index contributed by atoms with van der Waals surface area (Å²) in [5, 5.41) is 0. The van der Waals surface area contributed by atoms with Gasteiger partial charge in [-0.3, -0.25) is 4.79 Å². The van der Waals surface area contributed by atoms with Crippen LogP contribution in [0, 0.1) is 17.8 Å². The zero-order valence-electron chi connectivity index (χ0n) is 7.32. The lowest BCUT2D eigenvalue weighted by Gasteiger charge is -2.23. The van der Waals surface area contributed by atoms with E-state index in [1.54, 1.807) is 0 Å². The summed E-state index contributed by atoms with van der Waals surface area (Å²) in [4.78, 5) is 11.2. The summed E-state index contributed by atoms with van der Waals surface area (Å²) in [5.74, 6) is 1.21. The van der Waals surface area contributed by atoms with Crippen LogP contribution in [-0.2, 0) is 9.53 Å². The van der Waals surface area contributed by atoms with Crippen molar-refractivity contribution in [3.8, 4) is 0 Å². The van der Waals surface area contributed by atoms with Crippen LogP contribution in [-0.4, -0.2) is 19.1 Å². The third-order valence-electron chi connectivity index (χ3n) is 3.42. The van der Waals surface area contributed by atoms with Gasteiger partial charge in [-0.05, 0) is 31.1 Å². The van der Waals surface area contributed by atoms with Crippen molar-refractivity contribution in [3.63, 3.8) is 0 Å². The molecule has 2 bridgehead atoms. The van der Waals surface area contributed by atoms with Gasteiger partial charge in [0.2, 0.25) is 0 Å². The van der Waals surface area contributed by atoms with Gasteiger partial charge in [-0.25, -0.2) is 0 Å². The van der Waals surface area contributed by atoms with E-state index in [9.17, 15) is 4.79 Å². The SMILES string of the molecule is COC(=O)[C@@H]1C[C@H]2C[C@@H]1C[C@H]2N. The normalized spacial score (nSPS) is 44.8. The Hall–Kier alpha value is -0.570. The molecule has 12 heavy (non-hydrogen) atoms. The molecule has 0 unspecified atom stereocenters. The summed E-state index contributed by atoms with van der Waals surface area (Å²) >= 11 is 0. The van der Waals surface area contributed by atoms with E-state index in [0.29, 0.717) is 17.9 Å². The van der Waals surface area contributed by atoms with Crippen LogP contribution in [0.4, 0.5) is 0 Å². The number of fused-ring (bicyclic) bond motifs is 2. The van der Waals surface area contributed by atoms with Crippen molar-refractivity contribution in [1.29, 1.82) is 0 Å². The quantitative estimate of drug-likeness (QED) is 0.583. The highest BCUT2D eigenvalue weighted by atomic mass is 16.5. The fourth-order valence-electron chi connectivity index (χ4n) is 2.76. The first-order chi connectivity index (χ1) is 5.72. The third kappa shape index (κ3) is 1.04. The first-order valence-electron chi connectivity index (χ1n) is 4.55. The molecule has 0 saturated heterocycles. The molecule has 2 aliphatic carbocycles. The number of ether oxygens (including phenoxy) is 1. The van der Waals surface area contributed by atoms with E-state index >= 15 is 0 Å². The molecule has 0 aromatic carbocycles. The van der Waals surface area contributed by atoms with Crippen LogP contribution in [0.2, 0.25) is 0 Å². The van der Waals surface area contributed by atoms with Crippen LogP contribution < -0.4 is 5.73 Å². The summed E-state index contributed by atoms with van der Waals surface area (Å²) in [5.41, 5.74) is 5.87. The van der Waals surface area contributed by atoms with Crippen molar-refractivity contribution in [2.24, 2.45) is 23.5 Å². The van der Waals surface area contributed by atoms with E-state index in [-0.39, 0.29) is 11.9 Å². The zero-order chi connectivity index (χ0) is 8.72. The van der Waals surface area contributed by atoms with E-state index in [1.807, 2.05) is 0 Å². The van der Waals surface area contributed by atoms with Crippen LogP contribution in [0.3, 0.4) is 0 Å². The monoisotopic (exact) mass is 169 g/mol. The van der Waals surface area contributed by atoms with Gasteiger partial charge in [0, 0.05) is 6.04 Å². The van der Waals surface area contributed by atoms with Crippen LogP contribution >= 0.6 is 0 Å². The Kier molecular flexibility index (Phi) is 1.83. The molecule has 3 heteroatoms. The zero-order valence-corrected chi connectivity index (χ0v) is 7.32. The molecule has 0 aromatic heterocycles. The van der Waals surface area contributed by atoms with Crippen molar-refractivity contribution in [1.82, 2.24) is 0 Å². The molecule has 2 rings (SSSR count). The minimum Gasteiger partial charge on any atom is -0.469 e. The summed E-state index contributed by atoms with van der Waals surface area (Å²) in [7, 11) is 1.47. The highest BCUT2D eigenvalue weighted by molar-refractivity contribution is 5.73. The van der Waals surface area contributed by atoms with Crippen LogP contribution in [0.25, 0.3) is 0 Å². The second kappa shape index (κ2) is 2.73. The minimum atomic E-state index is -0.0330. The topological polar surface area (TPSA) is 52.3 Å². The molecule has 68 valence electrons. The molecule has 0 amide bonds. The molecule has 0 aliphatic heterocycles. The van der Waals surface area contributed by atoms with Gasteiger partial charge in [-0.1, -0.05) is 0 Å². The minimum absolute atomic E-state index is 0.0330. The van der Waals surface area contributed by atoms with E-state index in [0.717, 1.165) is 19.3 Å². The predicted molar refractivity (Wildman–Crippen MR) is 44.3 cm³/mol. The second-order valence-corrected chi connectivity index (χ2v) is 4.02. The third-order valence-corrected chi connectivity index (χ3v) is 3.42. The maximum Gasteiger partial charge on any atom is 0.308 e. The maximum atomic E-state index is 11.2. The lowest BCUT2D eigenvalue weighted by Crippen LogP contribution is -2.32. The van der Waals surface area contributed by atoms with E-state index in [4.69, 9.17) is 10.5 Å². The average molecular weight is 169 g/mol. The van der Waals surface area contributed by atoms with Gasteiger partial charge in [0.05, 0.1) is 13.0 Å².